The van der Waals surface area contributed by atoms with Gasteiger partial charge in [-0.25, -0.2) is 0 Å². The van der Waals surface area contributed by atoms with Crippen LogP contribution in [0, 0.1) is 0 Å². The molecule has 0 bridgehead atoms. The molecule has 0 aliphatic carbocycles. The van der Waals surface area contributed by atoms with Crippen LogP contribution in [0.2, 0.25) is 0 Å². The second-order valence-electron chi connectivity index (χ2n) is 7.49. The summed E-state index contributed by atoms with van der Waals surface area (Å²) in [6.07, 6.45) is 18.2. The molecule has 1 unspecified atom stereocenters. The maximum Gasteiger partial charge on any atom is 0.381 e. The van der Waals surface area contributed by atoms with E-state index in [4.69, 9.17) is 38.0 Å². The highest BCUT2D eigenvalue weighted by Gasteiger charge is 2.38. The summed E-state index contributed by atoms with van der Waals surface area (Å²) in [6, 6.07) is 6.80. The molecule has 5 heteroatoms. The second kappa shape index (κ2) is 16.0. The van der Waals surface area contributed by atoms with Crippen LogP contribution in [0.3, 0.4) is 0 Å². The molecule has 0 heterocycles. The molecular formula is C22H37Cl3OSi. The summed E-state index contributed by atoms with van der Waals surface area (Å²) in [7, 11) is 0. The van der Waals surface area contributed by atoms with Gasteiger partial charge in [-0.1, -0.05) is 102 Å². The SMILES string of the molecule is CCCCCCCCCCCCCCCC(Oc1ccccc1)[Si](Cl)(Cl)Cl. The van der Waals surface area contributed by atoms with Crippen LogP contribution < -0.4 is 4.74 Å². The molecule has 0 fully saturated rings. The third-order valence-electron chi connectivity index (χ3n) is 4.96. The van der Waals surface area contributed by atoms with Gasteiger partial charge in [0.2, 0.25) is 0 Å². The Kier molecular flexibility index (Phi) is 14.9. The van der Waals surface area contributed by atoms with E-state index in [1.54, 1.807) is 0 Å². The lowest BCUT2D eigenvalue weighted by Gasteiger charge is -2.23. The number of benzene rings is 1. The van der Waals surface area contributed by atoms with Crippen LogP contribution in [-0.2, 0) is 0 Å². The van der Waals surface area contributed by atoms with Crippen molar-refractivity contribution in [1.29, 1.82) is 0 Å². The quantitative estimate of drug-likeness (QED) is 0.130. The fourth-order valence-electron chi connectivity index (χ4n) is 3.30. The van der Waals surface area contributed by atoms with Crippen LogP contribution in [0.25, 0.3) is 0 Å². The summed E-state index contributed by atoms with van der Waals surface area (Å²) in [5, 5.41) is 0. The minimum absolute atomic E-state index is 0.266. The zero-order chi connectivity index (χ0) is 19.8. The Hall–Kier alpha value is 0.107. The maximum absolute atomic E-state index is 6.24. The first-order valence-electron chi connectivity index (χ1n) is 10.8. The molecule has 27 heavy (non-hydrogen) atoms. The Balaban J connectivity index is 2.03. The molecule has 1 aromatic rings. The predicted octanol–water partition coefficient (Wildman–Crippen LogP) is 9.11. The van der Waals surface area contributed by atoms with Crippen molar-refractivity contribution in [3.05, 3.63) is 30.3 Å². The Labute approximate surface area is 182 Å². The summed E-state index contributed by atoms with van der Waals surface area (Å²) < 4.78 is 5.95. The summed E-state index contributed by atoms with van der Waals surface area (Å²) in [5.74, 6) is 0.788. The molecule has 1 atom stereocenters. The van der Waals surface area contributed by atoms with Gasteiger partial charge in [0.1, 0.15) is 11.5 Å². The third-order valence-corrected chi connectivity index (χ3v) is 8.28. The van der Waals surface area contributed by atoms with Crippen molar-refractivity contribution in [3.8, 4) is 5.75 Å². The Morgan fingerprint density at radius 1 is 0.704 bits per heavy atom. The van der Waals surface area contributed by atoms with Gasteiger partial charge >= 0.3 is 6.00 Å². The van der Waals surface area contributed by atoms with Gasteiger partial charge in [0.15, 0.2) is 0 Å². The molecule has 0 aromatic heterocycles. The van der Waals surface area contributed by atoms with Crippen LogP contribution >= 0.6 is 33.2 Å². The fourth-order valence-corrected chi connectivity index (χ4v) is 5.48. The van der Waals surface area contributed by atoms with E-state index in [2.05, 4.69) is 6.92 Å². The summed E-state index contributed by atoms with van der Waals surface area (Å²) >= 11 is 18.7. The van der Waals surface area contributed by atoms with Crippen LogP contribution in [0.15, 0.2) is 30.3 Å². The van der Waals surface area contributed by atoms with Crippen molar-refractivity contribution in [3.63, 3.8) is 0 Å². The third kappa shape index (κ3) is 13.8. The van der Waals surface area contributed by atoms with Crippen LogP contribution in [0.4, 0.5) is 0 Å². The molecule has 0 N–H and O–H groups in total. The van der Waals surface area contributed by atoms with E-state index in [9.17, 15) is 0 Å². The van der Waals surface area contributed by atoms with E-state index in [-0.39, 0.29) is 5.73 Å². The van der Waals surface area contributed by atoms with Gasteiger partial charge in [-0.15, -0.1) is 33.2 Å². The molecule has 0 amide bonds. The molecule has 1 nitrogen and oxygen atoms in total. The first-order valence-corrected chi connectivity index (χ1v) is 15.9. The lowest BCUT2D eigenvalue weighted by molar-refractivity contribution is 0.260. The largest absolute Gasteiger partial charge is 0.490 e. The van der Waals surface area contributed by atoms with E-state index < -0.39 is 6.00 Å². The van der Waals surface area contributed by atoms with Gasteiger partial charge in [-0.2, -0.15) is 0 Å². The van der Waals surface area contributed by atoms with E-state index in [1.165, 1.54) is 77.0 Å². The minimum Gasteiger partial charge on any atom is -0.490 e. The number of ether oxygens (including phenoxy) is 1. The van der Waals surface area contributed by atoms with E-state index >= 15 is 0 Å². The van der Waals surface area contributed by atoms with Crippen molar-refractivity contribution in [2.45, 2.75) is 103 Å². The molecule has 156 valence electrons. The van der Waals surface area contributed by atoms with Crippen LogP contribution in [-0.4, -0.2) is 11.7 Å². The minimum atomic E-state index is -2.88. The summed E-state index contributed by atoms with van der Waals surface area (Å²) in [4.78, 5) is 0. The van der Waals surface area contributed by atoms with E-state index in [1.807, 2.05) is 30.3 Å². The number of hydrogen-bond donors (Lipinski definition) is 0. The molecule has 0 spiro atoms. The zero-order valence-corrected chi connectivity index (χ0v) is 20.2. The molecule has 0 aliphatic heterocycles. The fraction of sp³-hybridized carbons (Fsp3) is 0.727. The molecule has 0 radical (unpaired) electrons. The second-order valence-corrected chi connectivity index (χ2v) is 16.3. The van der Waals surface area contributed by atoms with E-state index in [0.29, 0.717) is 0 Å². The standard InChI is InChI=1S/C22H37Cl3OSi/c1-2-3-4-5-6-7-8-9-10-11-12-13-17-20-22(27(23,24)25)26-21-18-15-14-16-19-21/h14-16,18-19,22H,2-13,17,20H2,1H3. The van der Waals surface area contributed by atoms with Crippen molar-refractivity contribution < 1.29 is 4.74 Å². The lowest BCUT2D eigenvalue weighted by Crippen LogP contribution is -2.36. The number of rotatable bonds is 17. The highest BCUT2D eigenvalue weighted by Crippen LogP contribution is 2.31. The maximum atomic E-state index is 6.24. The van der Waals surface area contributed by atoms with E-state index in [0.717, 1.165) is 18.6 Å². The average molecular weight is 452 g/mol. The molecule has 1 rings (SSSR count). The van der Waals surface area contributed by atoms with Gasteiger partial charge in [0.05, 0.1) is 0 Å². The topological polar surface area (TPSA) is 9.23 Å². The highest BCUT2D eigenvalue weighted by molar-refractivity contribution is 7.65. The van der Waals surface area contributed by atoms with Crippen molar-refractivity contribution in [2.75, 3.05) is 0 Å². The Morgan fingerprint density at radius 2 is 1.15 bits per heavy atom. The number of halogens is 3. The van der Waals surface area contributed by atoms with Gasteiger partial charge in [0.25, 0.3) is 0 Å². The Morgan fingerprint density at radius 3 is 1.59 bits per heavy atom. The van der Waals surface area contributed by atoms with Crippen LogP contribution in [0.1, 0.15) is 96.8 Å². The molecule has 1 aromatic carbocycles. The van der Waals surface area contributed by atoms with Crippen molar-refractivity contribution in [2.24, 2.45) is 0 Å². The monoisotopic (exact) mass is 450 g/mol. The van der Waals surface area contributed by atoms with Gasteiger partial charge in [-0.05, 0) is 25.0 Å². The summed E-state index contributed by atoms with van der Waals surface area (Å²) in [5.41, 5.74) is -0.266. The van der Waals surface area contributed by atoms with Gasteiger partial charge in [0, 0.05) is 0 Å². The molecule has 0 aliphatic rings. The number of para-hydroxylation sites is 1. The average Bonchev–Trinajstić information content (AvgIpc) is 2.64. The predicted molar refractivity (Wildman–Crippen MR) is 124 cm³/mol. The Bertz CT molecular complexity index is 451. The van der Waals surface area contributed by atoms with Gasteiger partial charge in [-0.3, -0.25) is 0 Å². The molecule has 0 saturated carbocycles. The lowest BCUT2D eigenvalue weighted by atomic mass is 10.0. The zero-order valence-electron chi connectivity index (χ0n) is 16.9. The van der Waals surface area contributed by atoms with Crippen molar-refractivity contribution in [1.82, 2.24) is 0 Å². The summed E-state index contributed by atoms with van der Waals surface area (Å²) in [6.45, 7) is 2.27. The normalized spacial score (nSPS) is 12.9. The van der Waals surface area contributed by atoms with Crippen LogP contribution in [0.5, 0.6) is 5.75 Å². The molecule has 0 saturated heterocycles. The van der Waals surface area contributed by atoms with Gasteiger partial charge < -0.3 is 4.74 Å². The smallest absolute Gasteiger partial charge is 0.381 e. The number of unbranched alkanes of at least 4 members (excludes halogenated alkanes) is 12. The number of hydrogen-bond acceptors (Lipinski definition) is 1. The molecular weight excluding hydrogens is 415 g/mol. The first-order chi connectivity index (χ1) is 13.0. The van der Waals surface area contributed by atoms with Crippen molar-refractivity contribution >= 4 is 39.2 Å². The highest BCUT2D eigenvalue weighted by atomic mass is 35.8. The first kappa shape index (κ1) is 25.1.